The van der Waals surface area contributed by atoms with Crippen LogP contribution in [0.1, 0.15) is 63.9 Å². The monoisotopic (exact) mass is 433 g/mol. The summed E-state index contributed by atoms with van der Waals surface area (Å²) in [6, 6.07) is 4.92. The summed E-state index contributed by atoms with van der Waals surface area (Å²) in [5.74, 6) is -1.04. The number of benzene rings is 1. The number of aromatic nitrogens is 3. The van der Waals surface area contributed by atoms with Gasteiger partial charge in [0.2, 0.25) is 11.8 Å². The summed E-state index contributed by atoms with van der Waals surface area (Å²) in [6.07, 6.45) is 3.55. The molecule has 8 nitrogen and oxygen atoms in total. The number of carbonyl (C=O) groups excluding carboxylic acids is 2. The van der Waals surface area contributed by atoms with Gasteiger partial charge >= 0.3 is 0 Å². The average molecular weight is 434 g/mol. The highest BCUT2D eigenvalue weighted by molar-refractivity contribution is 6.30. The van der Waals surface area contributed by atoms with Gasteiger partial charge in [0.1, 0.15) is 23.4 Å². The maximum Gasteiger partial charge on any atom is 0.246 e. The molecule has 1 aliphatic rings. The molecular formula is C21H28ClN5O3. The normalized spacial score (nSPS) is 21.2. The molecule has 1 fully saturated rings. The molecule has 0 saturated carbocycles. The Morgan fingerprint density at radius 3 is 2.50 bits per heavy atom. The first-order chi connectivity index (χ1) is 14.0. The van der Waals surface area contributed by atoms with E-state index in [1.807, 2.05) is 27.7 Å². The van der Waals surface area contributed by atoms with Crippen LogP contribution in [-0.4, -0.2) is 33.4 Å². The molecule has 1 aromatic heterocycles. The van der Waals surface area contributed by atoms with Crippen LogP contribution in [0.15, 0.2) is 30.5 Å². The molecule has 0 bridgehead atoms. The van der Waals surface area contributed by atoms with E-state index in [2.05, 4.69) is 15.6 Å². The SMILES string of the molecule is CC1(c2cn(C(C(=O)NC(C(N)=O)c3ccc(Cl)cc3)C(C)(C)C)nn2)CCCO1. The van der Waals surface area contributed by atoms with Crippen molar-refractivity contribution in [1.29, 1.82) is 0 Å². The van der Waals surface area contributed by atoms with E-state index in [9.17, 15) is 9.59 Å². The highest BCUT2D eigenvalue weighted by Gasteiger charge is 2.39. The Balaban J connectivity index is 1.88. The molecule has 3 N–H and O–H groups in total. The Bertz CT molecular complexity index is 913. The number of amides is 2. The lowest BCUT2D eigenvalue weighted by Crippen LogP contribution is -2.45. The molecule has 1 saturated heterocycles. The Kier molecular flexibility index (Phi) is 6.19. The Morgan fingerprint density at radius 1 is 1.30 bits per heavy atom. The van der Waals surface area contributed by atoms with E-state index in [0.717, 1.165) is 12.8 Å². The fraction of sp³-hybridized carbons (Fsp3) is 0.524. The van der Waals surface area contributed by atoms with Crippen molar-refractivity contribution in [3.05, 3.63) is 46.7 Å². The standard InChI is InChI=1S/C21H28ClN5O3/c1-20(2,3)17(27-12-15(25-26-27)21(4)10-5-11-30-21)19(29)24-16(18(23)28)13-6-8-14(22)9-7-13/h6-9,12,16-17H,5,10-11H2,1-4H3,(H2,23,28)(H,24,29). The number of nitrogens with two attached hydrogens (primary N) is 1. The second-order valence-electron chi connectivity index (χ2n) is 8.93. The second kappa shape index (κ2) is 8.35. The molecule has 162 valence electrons. The number of nitrogens with one attached hydrogen (secondary N) is 1. The predicted molar refractivity (Wildman–Crippen MR) is 113 cm³/mol. The van der Waals surface area contributed by atoms with Crippen LogP contribution in [0.3, 0.4) is 0 Å². The van der Waals surface area contributed by atoms with Crippen LogP contribution in [0.4, 0.5) is 0 Å². The number of hydrogen-bond donors (Lipinski definition) is 2. The quantitative estimate of drug-likeness (QED) is 0.727. The molecule has 0 spiro atoms. The van der Waals surface area contributed by atoms with Crippen LogP contribution < -0.4 is 11.1 Å². The smallest absolute Gasteiger partial charge is 0.246 e. The van der Waals surface area contributed by atoms with Crippen molar-refractivity contribution < 1.29 is 14.3 Å². The minimum atomic E-state index is -0.988. The largest absolute Gasteiger partial charge is 0.369 e. The van der Waals surface area contributed by atoms with Gasteiger partial charge in [-0.25, -0.2) is 4.68 Å². The van der Waals surface area contributed by atoms with Gasteiger partial charge in [-0.3, -0.25) is 9.59 Å². The van der Waals surface area contributed by atoms with Gasteiger partial charge in [-0.05, 0) is 42.9 Å². The lowest BCUT2D eigenvalue weighted by molar-refractivity contribution is -0.132. The molecule has 1 aliphatic heterocycles. The maximum atomic E-state index is 13.3. The maximum absolute atomic E-state index is 13.3. The van der Waals surface area contributed by atoms with Gasteiger partial charge < -0.3 is 15.8 Å². The summed E-state index contributed by atoms with van der Waals surface area (Å²) in [7, 11) is 0. The van der Waals surface area contributed by atoms with Gasteiger partial charge in [-0.2, -0.15) is 0 Å². The topological polar surface area (TPSA) is 112 Å². The number of carbonyl (C=O) groups is 2. The molecule has 2 heterocycles. The first kappa shape index (κ1) is 22.2. The van der Waals surface area contributed by atoms with Crippen molar-refractivity contribution >= 4 is 23.4 Å². The van der Waals surface area contributed by atoms with E-state index in [-0.39, 0.29) is 5.91 Å². The van der Waals surface area contributed by atoms with E-state index in [1.165, 1.54) is 4.68 Å². The first-order valence-electron chi connectivity index (χ1n) is 9.93. The number of primary amides is 1. The van der Waals surface area contributed by atoms with Gasteiger partial charge in [-0.1, -0.05) is 49.7 Å². The lowest BCUT2D eigenvalue weighted by Gasteiger charge is -2.30. The second-order valence-corrected chi connectivity index (χ2v) is 9.37. The van der Waals surface area contributed by atoms with Crippen LogP contribution in [0.5, 0.6) is 0 Å². The zero-order chi connectivity index (χ0) is 22.1. The lowest BCUT2D eigenvalue weighted by atomic mass is 9.85. The highest BCUT2D eigenvalue weighted by atomic mass is 35.5. The van der Waals surface area contributed by atoms with Gasteiger partial charge in [-0.15, -0.1) is 5.10 Å². The Labute approximate surface area is 181 Å². The van der Waals surface area contributed by atoms with Crippen molar-refractivity contribution in [2.75, 3.05) is 6.61 Å². The predicted octanol–water partition coefficient (Wildman–Crippen LogP) is 2.89. The molecule has 9 heteroatoms. The molecule has 2 aromatic rings. The van der Waals surface area contributed by atoms with Crippen LogP contribution in [0, 0.1) is 5.41 Å². The molecule has 0 radical (unpaired) electrons. The van der Waals surface area contributed by atoms with E-state index in [0.29, 0.717) is 22.9 Å². The summed E-state index contributed by atoms with van der Waals surface area (Å²) >= 11 is 5.93. The van der Waals surface area contributed by atoms with Crippen LogP contribution in [0.2, 0.25) is 5.02 Å². The van der Waals surface area contributed by atoms with Crippen molar-refractivity contribution in [3.63, 3.8) is 0 Å². The molecule has 1 aromatic carbocycles. The van der Waals surface area contributed by atoms with E-state index in [1.54, 1.807) is 30.5 Å². The third kappa shape index (κ3) is 4.65. The molecule has 30 heavy (non-hydrogen) atoms. The molecule has 2 amide bonds. The van der Waals surface area contributed by atoms with Gasteiger partial charge in [0.15, 0.2) is 0 Å². The summed E-state index contributed by atoms with van der Waals surface area (Å²) in [5.41, 5.74) is 5.80. The molecule has 3 rings (SSSR count). The minimum Gasteiger partial charge on any atom is -0.369 e. The zero-order valence-corrected chi connectivity index (χ0v) is 18.4. The van der Waals surface area contributed by atoms with Crippen LogP contribution in [0.25, 0.3) is 0 Å². The highest BCUT2D eigenvalue weighted by Crippen LogP contribution is 2.36. The summed E-state index contributed by atoms with van der Waals surface area (Å²) < 4.78 is 7.38. The van der Waals surface area contributed by atoms with Gasteiger partial charge in [0.25, 0.3) is 0 Å². The Hall–Kier alpha value is -2.45. The van der Waals surface area contributed by atoms with Crippen LogP contribution >= 0.6 is 11.6 Å². The first-order valence-corrected chi connectivity index (χ1v) is 10.3. The molecular weight excluding hydrogens is 406 g/mol. The summed E-state index contributed by atoms with van der Waals surface area (Å²) in [4.78, 5) is 25.4. The summed E-state index contributed by atoms with van der Waals surface area (Å²) in [5, 5.41) is 11.8. The van der Waals surface area contributed by atoms with Crippen LogP contribution in [-0.2, 0) is 19.9 Å². The molecule has 3 atom stereocenters. The number of rotatable bonds is 6. The fourth-order valence-corrected chi connectivity index (χ4v) is 3.86. The van der Waals surface area contributed by atoms with Crippen molar-refractivity contribution in [3.8, 4) is 0 Å². The molecule has 0 aliphatic carbocycles. The fourth-order valence-electron chi connectivity index (χ4n) is 3.73. The Morgan fingerprint density at radius 2 is 1.97 bits per heavy atom. The number of halogens is 1. The number of hydrogen-bond acceptors (Lipinski definition) is 5. The van der Waals surface area contributed by atoms with Crippen molar-refractivity contribution in [2.24, 2.45) is 11.1 Å². The van der Waals surface area contributed by atoms with E-state index < -0.39 is 29.0 Å². The number of ether oxygens (including phenoxy) is 1. The van der Waals surface area contributed by atoms with Gasteiger partial charge in [0.05, 0.1) is 6.20 Å². The van der Waals surface area contributed by atoms with E-state index >= 15 is 0 Å². The minimum absolute atomic E-state index is 0.379. The average Bonchev–Trinajstić information content (AvgIpc) is 3.30. The molecule has 3 unspecified atom stereocenters. The number of nitrogens with zero attached hydrogens (tertiary/aromatic N) is 3. The van der Waals surface area contributed by atoms with Gasteiger partial charge in [0, 0.05) is 11.6 Å². The zero-order valence-electron chi connectivity index (χ0n) is 17.7. The van der Waals surface area contributed by atoms with Crippen molar-refractivity contribution in [1.82, 2.24) is 20.3 Å². The summed E-state index contributed by atoms with van der Waals surface area (Å²) in [6.45, 7) is 8.42. The third-order valence-electron chi connectivity index (χ3n) is 5.38. The van der Waals surface area contributed by atoms with Crippen molar-refractivity contribution in [2.45, 2.75) is 58.2 Å². The third-order valence-corrected chi connectivity index (χ3v) is 5.63. The van der Waals surface area contributed by atoms with E-state index in [4.69, 9.17) is 22.1 Å².